The van der Waals surface area contributed by atoms with Gasteiger partial charge in [0.25, 0.3) is 0 Å². The van der Waals surface area contributed by atoms with E-state index in [1.54, 1.807) is 6.20 Å². The summed E-state index contributed by atoms with van der Waals surface area (Å²) in [6, 6.07) is 7.72. The zero-order chi connectivity index (χ0) is 19.4. The van der Waals surface area contributed by atoms with Crippen LogP contribution in [0.25, 0.3) is 11.0 Å². The second kappa shape index (κ2) is 7.93. The number of hydrogen-bond donors (Lipinski definition) is 0. The molecule has 28 heavy (non-hydrogen) atoms. The van der Waals surface area contributed by atoms with E-state index in [-0.39, 0.29) is 12.0 Å². The first-order chi connectivity index (χ1) is 13.7. The van der Waals surface area contributed by atoms with Gasteiger partial charge >= 0.3 is 0 Å². The molecule has 144 valence electrons. The van der Waals surface area contributed by atoms with Crippen molar-refractivity contribution in [3.63, 3.8) is 0 Å². The molecule has 7 nitrogen and oxygen atoms in total. The summed E-state index contributed by atoms with van der Waals surface area (Å²) >= 11 is 0. The summed E-state index contributed by atoms with van der Waals surface area (Å²) in [6.45, 7) is 1.38. The van der Waals surface area contributed by atoms with E-state index in [0.717, 1.165) is 30.3 Å². The number of aromatic nitrogens is 2. The number of carbonyl (C=O) groups excluding carboxylic acids is 1. The highest BCUT2D eigenvalue weighted by molar-refractivity contribution is 5.76. The van der Waals surface area contributed by atoms with E-state index < -0.39 is 5.66 Å². The summed E-state index contributed by atoms with van der Waals surface area (Å²) in [5.74, 6) is 3.30. The number of likely N-dealkylation sites (tertiary alicyclic amines) is 1. The molecule has 2 aliphatic heterocycles. The van der Waals surface area contributed by atoms with E-state index in [0.29, 0.717) is 38.2 Å². The molecule has 1 aromatic heterocycles. The summed E-state index contributed by atoms with van der Waals surface area (Å²) in [6.07, 6.45) is 11.1. The van der Waals surface area contributed by atoms with Crippen LogP contribution in [-0.4, -0.2) is 45.6 Å². The van der Waals surface area contributed by atoms with Crippen LogP contribution in [0.3, 0.4) is 0 Å². The Kier molecular flexibility index (Phi) is 5.20. The molecule has 0 spiro atoms. The highest BCUT2D eigenvalue weighted by Gasteiger charge is 2.39. The van der Waals surface area contributed by atoms with Gasteiger partial charge in [0.2, 0.25) is 11.8 Å². The molecular weight excluding hydrogens is 354 g/mol. The van der Waals surface area contributed by atoms with Gasteiger partial charge in [0, 0.05) is 51.6 Å². The second-order valence-corrected chi connectivity index (χ2v) is 7.28. The summed E-state index contributed by atoms with van der Waals surface area (Å²) in [7, 11) is 0. The van der Waals surface area contributed by atoms with Crippen molar-refractivity contribution < 1.29 is 9.53 Å². The third kappa shape index (κ3) is 4.28. The van der Waals surface area contributed by atoms with Crippen molar-refractivity contribution in [1.82, 2.24) is 14.9 Å². The molecule has 2 aliphatic rings. The van der Waals surface area contributed by atoms with Crippen LogP contribution in [0.15, 0.2) is 40.7 Å². The minimum atomic E-state index is -0.391. The van der Waals surface area contributed by atoms with Gasteiger partial charge in [-0.2, -0.15) is 10.2 Å². The van der Waals surface area contributed by atoms with Crippen molar-refractivity contribution in [3.05, 3.63) is 30.5 Å². The summed E-state index contributed by atoms with van der Waals surface area (Å²) in [4.78, 5) is 23.3. The predicted molar refractivity (Wildman–Crippen MR) is 105 cm³/mol. The van der Waals surface area contributed by atoms with Gasteiger partial charge in [-0.25, -0.2) is 9.97 Å². The fraction of sp³-hybridized carbons (Fsp3) is 0.476. The summed E-state index contributed by atoms with van der Waals surface area (Å²) < 4.78 is 6.00. The van der Waals surface area contributed by atoms with Crippen LogP contribution in [0.4, 0.5) is 0 Å². The molecule has 1 amide bonds. The number of carbonyl (C=O) groups is 1. The minimum absolute atomic E-state index is 0.0508. The molecule has 1 saturated heterocycles. The Morgan fingerprint density at radius 3 is 2.68 bits per heavy atom. The topological polar surface area (TPSA) is 80.0 Å². The first kappa shape index (κ1) is 18.4. The van der Waals surface area contributed by atoms with Crippen molar-refractivity contribution in [1.29, 1.82) is 0 Å². The van der Waals surface area contributed by atoms with Gasteiger partial charge < -0.3 is 9.64 Å². The maximum atomic E-state index is 12.5. The molecule has 1 aromatic carbocycles. The monoisotopic (exact) mass is 377 g/mol. The lowest BCUT2D eigenvalue weighted by Gasteiger charge is -2.32. The molecule has 2 aromatic rings. The number of piperidine rings is 1. The van der Waals surface area contributed by atoms with E-state index in [1.165, 1.54) is 0 Å². The number of ether oxygens (including phenoxy) is 1. The van der Waals surface area contributed by atoms with Gasteiger partial charge in [-0.15, -0.1) is 12.3 Å². The first-order valence-electron chi connectivity index (χ1n) is 9.71. The van der Waals surface area contributed by atoms with Crippen LogP contribution >= 0.6 is 0 Å². The van der Waals surface area contributed by atoms with Crippen molar-refractivity contribution in [3.8, 4) is 18.2 Å². The number of benzene rings is 1. The molecule has 0 radical (unpaired) electrons. The molecule has 4 rings (SSSR count). The van der Waals surface area contributed by atoms with Gasteiger partial charge in [0.15, 0.2) is 5.66 Å². The third-order valence-corrected chi connectivity index (χ3v) is 5.30. The standard InChI is InChI=1S/C21H23N5O2/c1-2-3-11-21(24-25-21)12-8-20(27)26-13-9-16(10-14-26)28-19-15-22-17-6-4-5-7-18(17)23-19/h1,4-7,15-16H,3,8-14H2. The maximum absolute atomic E-state index is 12.5. The first-order valence-corrected chi connectivity index (χ1v) is 9.71. The van der Waals surface area contributed by atoms with Crippen LogP contribution < -0.4 is 4.74 Å². The molecule has 1 fully saturated rings. The molecule has 0 N–H and O–H groups in total. The van der Waals surface area contributed by atoms with E-state index in [1.807, 2.05) is 29.2 Å². The molecule has 7 heteroatoms. The molecule has 0 unspecified atom stereocenters. The molecule has 0 aliphatic carbocycles. The van der Waals surface area contributed by atoms with Crippen molar-refractivity contribution in [2.75, 3.05) is 13.1 Å². The van der Waals surface area contributed by atoms with Gasteiger partial charge in [-0.1, -0.05) is 12.1 Å². The SMILES string of the molecule is C#CCCC1(CCC(=O)N2CCC(Oc3cnc4ccccc4n3)CC2)N=N1. The molecule has 0 atom stereocenters. The number of rotatable bonds is 7. The van der Waals surface area contributed by atoms with Crippen LogP contribution in [-0.2, 0) is 4.79 Å². The summed E-state index contributed by atoms with van der Waals surface area (Å²) in [5.41, 5.74) is 1.28. The number of para-hydroxylation sites is 2. The van der Waals surface area contributed by atoms with Crippen molar-refractivity contribution in [2.24, 2.45) is 10.2 Å². The Morgan fingerprint density at radius 1 is 1.21 bits per heavy atom. The Balaban J connectivity index is 1.24. The number of fused-ring (bicyclic) bond motifs is 1. The molecule has 0 saturated carbocycles. The lowest BCUT2D eigenvalue weighted by Crippen LogP contribution is -2.42. The minimum Gasteiger partial charge on any atom is -0.473 e. The quantitative estimate of drug-likeness (QED) is 0.693. The van der Waals surface area contributed by atoms with E-state index in [2.05, 4.69) is 26.1 Å². The van der Waals surface area contributed by atoms with E-state index in [4.69, 9.17) is 11.2 Å². The van der Waals surface area contributed by atoms with Crippen LogP contribution in [0.5, 0.6) is 5.88 Å². The number of nitrogens with zero attached hydrogens (tertiary/aromatic N) is 5. The van der Waals surface area contributed by atoms with E-state index >= 15 is 0 Å². The average Bonchev–Trinajstić information content (AvgIpc) is 3.51. The van der Waals surface area contributed by atoms with Crippen molar-refractivity contribution >= 4 is 16.9 Å². The number of terminal acetylenes is 1. The van der Waals surface area contributed by atoms with Gasteiger partial charge in [-0.3, -0.25) is 4.79 Å². The normalized spacial score (nSPS) is 18.0. The maximum Gasteiger partial charge on any atom is 0.233 e. The van der Waals surface area contributed by atoms with Crippen molar-refractivity contribution in [2.45, 2.75) is 50.3 Å². The number of amides is 1. The van der Waals surface area contributed by atoms with Gasteiger partial charge in [0.05, 0.1) is 17.2 Å². The average molecular weight is 377 g/mol. The Labute approximate surface area is 164 Å². The second-order valence-electron chi connectivity index (χ2n) is 7.28. The van der Waals surface area contributed by atoms with Crippen LogP contribution in [0.2, 0.25) is 0 Å². The zero-order valence-electron chi connectivity index (χ0n) is 15.8. The lowest BCUT2D eigenvalue weighted by molar-refractivity contribution is -0.133. The van der Waals surface area contributed by atoms with Gasteiger partial charge in [0.1, 0.15) is 6.10 Å². The molecule has 0 bridgehead atoms. The zero-order valence-corrected chi connectivity index (χ0v) is 15.8. The Hall–Kier alpha value is -3.01. The largest absolute Gasteiger partial charge is 0.473 e. The van der Waals surface area contributed by atoms with Crippen LogP contribution in [0.1, 0.15) is 38.5 Å². The van der Waals surface area contributed by atoms with E-state index in [9.17, 15) is 4.79 Å². The summed E-state index contributed by atoms with van der Waals surface area (Å²) in [5, 5.41) is 8.19. The van der Waals surface area contributed by atoms with Gasteiger partial charge in [-0.05, 0) is 12.1 Å². The highest BCUT2D eigenvalue weighted by Crippen LogP contribution is 2.37. The fourth-order valence-electron chi connectivity index (χ4n) is 3.52. The smallest absolute Gasteiger partial charge is 0.233 e. The molecular formula is C21H23N5O2. The predicted octanol–water partition coefficient (Wildman–Crippen LogP) is 3.36. The highest BCUT2D eigenvalue weighted by atomic mass is 16.5. The third-order valence-electron chi connectivity index (χ3n) is 5.30. The van der Waals surface area contributed by atoms with Crippen LogP contribution in [0, 0.1) is 12.3 Å². The fourth-order valence-corrected chi connectivity index (χ4v) is 3.52. The molecule has 3 heterocycles. The lowest BCUT2D eigenvalue weighted by atomic mass is 10.0. The number of hydrogen-bond acceptors (Lipinski definition) is 6. The Morgan fingerprint density at radius 2 is 1.96 bits per heavy atom. The Bertz CT molecular complexity index is 922.